The molecule has 2 aliphatic heterocycles. The van der Waals surface area contributed by atoms with Crippen LogP contribution in [0.15, 0.2) is 12.3 Å². The zero-order chi connectivity index (χ0) is 19.2. The number of carbonyl (C=O) groups is 2. The fraction of sp³-hybridized carbons (Fsp3) is 0.750. The Labute approximate surface area is 162 Å². The highest BCUT2D eigenvalue weighted by molar-refractivity contribution is 5.89. The Kier molecular flexibility index (Phi) is 6.88. The van der Waals surface area contributed by atoms with Crippen molar-refractivity contribution in [3.05, 3.63) is 12.3 Å². The van der Waals surface area contributed by atoms with Crippen LogP contribution >= 0.6 is 0 Å². The van der Waals surface area contributed by atoms with Crippen LogP contribution in [0, 0.1) is 5.92 Å². The van der Waals surface area contributed by atoms with Gasteiger partial charge in [-0.2, -0.15) is 5.10 Å². The van der Waals surface area contributed by atoms with Crippen molar-refractivity contribution in [3.63, 3.8) is 0 Å². The number of amides is 2. The summed E-state index contributed by atoms with van der Waals surface area (Å²) in [7, 11) is 0. The first-order valence-electron chi connectivity index (χ1n) is 10.4. The number of hydrogen-bond acceptors (Lipinski definition) is 4. The predicted octanol–water partition coefficient (Wildman–Crippen LogP) is 2.52. The number of carbonyl (C=O) groups excluding carboxylic acids is 2. The SMILES string of the molecule is CC(C)CC(=O)Nc1ccnn1C1CCN(C(=O)CN2CCCCC2)CC1. The number of piperidine rings is 2. The van der Waals surface area contributed by atoms with Crippen molar-refractivity contribution in [2.24, 2.45) is 5.92 Å². The van der Waals surface area contributed by atoms with Gasteiger partial charge in [0.2, 0.25) is 11.8 Å². The molecular formula is C20H33N5O2. The van der Waals surface area contributed by atoms with Crippen LogP contribution in [0.1, 0.15) is 58.4 Å². The van der Waals surface area contributed by atoms with Gasteiger partial charge < -0.3 is 10.2 Å². The molecule has 2 fully saturated rings. The van der Waals surface area contributed by atoms with E-state index >= 15 is 0 Å². The Balaban J connectivity index is 1.50. The van der Waals surface area contributed by atoms with Crippen LogP contribution in [-0.4, -0.2) is 64.1 Å². The lowest BCUT2D eigenvalue weighted by atomic mass is 10.0. The van der Waals surface area contributed by atoms with E-state index in [4.69, 9.17) is 0 Å². The number of nitrogens with one attached hydrogen (secondary N) is 1. The van der Waals surface area contributed by atoms with Crippen molar-refractivity contribution in [1.29, 1.82) is 0 Å². The maximum atomic E-state index is 12.6. The molecule has 2 amide bonds. The molecule has 0 saturated carbocycles. The monoisotopic (exact) mass is 375 g/mol. The summed E-state index contributed by atoms with van der Waals surface area (Å²) in [5.74, 6) is 1.37. The lowest BCUT2D eigenvalue weighted by Crippen LogP contribution is -2.45. The van der Waals surface area contributed by atoms with Gasteiger partial charge in [0.25, 0.3) is 0 Å². The minimum Gasteiger partial charge on any atom is -0.341 e. The summed E-state index contributed by atoms with van der Waals surface area (Å²) in [4.78, 5) is 28.9. The molecule has 0 radical (unpaired) electrons. The van der Waals surface area contributed by atoms with E-state index in [1.807, 2.05) is 29.5 Å². The summed E-state index contributed by atoms with van der Waals surface area (Å²) >= 11 is 0. The van der Waals surface area contributed by atoms with E-state index in [1.165, 1.54) is 19.3 Å². The number of likely N-dealkylation sites (tertiary alicyclic amines) is 2. The molecule has 0 spiro atoms. The van der Waals surface area contributed by atoms with Crippen LogP contribution in [-0.2, 0) is 9.59 Å². The topological polar surface area (TPSA) is 70.5 Å². The Hall–Kier alpha value is -1.89. The lowest BCUT2D eigenvalue weighted by molar-refractivity contribution is -0.134. The number of rotatable bonds is 6. The Bertz CT molecular complexity index is 628. The van der Waals surface area contributed by atoms with E-state index in [2.05, 4.69) is 15.3 Å². The van der Waals surface area contributed by atoms with E-state index in [0.29, 0.717) is 18.9 Å². The summed E-state index contributed by atoms with van der Waals surface area (Å²) in [5.41, 5.74) is 0. The van der Waals surface area contributed by atoms with Gasteiger partial charge in [-0.15, -0.1) is 0 Å². The number of nitrogens with zero attached hydrogens (tertiary/aromatic N) is 4. The molecule has 2 aliphatic rings. The summed E-state index contributed by atoms with van der Waals surface area (Å²) in [5, 5.41) is 7.41. The number of aromatic nitrogens is 2. The fourth-order valence-corrected chi connectivity index (χ4v) is 4.04. The van der Waals surface area contributed by atoms with Gasteiger partial charge in [-0.3, -0.25) is 14.5 Å². The first-order chi connectivity index (χ1) is 13.0. The summed E-state index contributed by atoms with van der Waals surface area (Å²) in [6.45, 7) is 8.25. The highest BCUT2D eigenvalue weighted by Crippen LogP contribution is 2.26. The molecule has 0 aromatic carbocycles. The minimum absolute atomic E-state index is 0.0286. The first-order valence-corrected chi connectivity index (χ1v) is 10.4. The average Bonchev–Trinajstić information content (AvgIpc) is 3.10. The van der Waals surface area contributed by atoms with E-state index in [0.717, 1.165) is 44.8 Å². The van der Waals surface area contributed by atoms with Gasteiger partial charge in [-0.25, -0.2) is 4.68 Å². The third-order valence-corrected chi connectivity index (χ3v) is 5.50. The fourth-order valence-electron chi connectivity index (χ4n) is 4.04. The highest BCUT2D eigenvalue weighted by Gasteiger charge is 2.27. The van der Waals surface area contributed by atoms with Crippen molar-refractivity contribution < 1.29 is 9.59 Å². The predicted molar refractivity (Wildman–Crippen MR) is 105 cm³/mol. The molecule has 0 atom stereocenters. The third-order valence-electron chi connectivity index (χ3n) is 5.50. The number of anilines is 1. The highest BCUT2D eigenvalue weighted by atomic mass is 16.2. The van der Waals surface area contributed by atoms with Gasteiger partial charge in [0.05, 0.1) is 18.8 Å². The molecule has 27 heavy (non-hydrogen) atoms. The van der Waals surface area contributed by atoms with Gasteiger partial charge in [-0.1, -0.05) is 20.3 Å². The van der Waals surface area contributed by atoms with Crippen LogP contribution in [0.25, 0.3) is 0 Å². The smallest absolute Gasteiger partial charge is 0.236 e. The largest absolute Gasteiger partial charge is 0.341 e. The Morgan fingerprint density at radius 2 is 1.85 bits per heavy atom. The standard InChI is InChI=1S/C20H33N5O2/c1-16(2)14-19(26)22-18-6-9-21-25(18)17-7-12-24(13-8-17)20(27)15-23-10-4-3-5-11-23/h6,9,16-17H,3-5,7-8,10-15H2,1-2H3,(H,22,26). The molecule has 2 saturated heterocycles. The van der Waals surface area contributed by atoms with Crippen molar-refractivity contribution in [3.8, 4) is 0 Å². The second kappa shape index (κ2) is 9.35. The zero-order valence-corrected chi connectivity index (χ0v) is 16.7. The molecular weight excluding hydrogens is 342 g/mol. The quantitative estimate of drug-likeness (QED) is 0.829. The van der Waals surface area contributed by atoms with Gasteiger partial charge in [0.15, 0.2) is 0 Å². The molecule has 3 heterocycles. The molecule has 1 aromatic heterocycles. The van der Waals surface area contributed by atoms with Crippen LogP contribution in [0.4, 0.5) is 5.82 Å². The van der Waals surface area contributed by atoms with E-state index in [9.17, 15) is 9.59 Å². The van der Waals surface area contributed by atoms with Gasteiger partial charge in [-0.05, 0) is 44.7 Å². The van der Waals surface area contributed by atoms with Crippen molar-refractivity contribution in [2.75, 3.05) is 38.0 Å². The van der Waals surface area contributed by atoms with Crippen LogP contribution in [0.2, 0.25) is 0 Å². The normalized spacial score (nSPS) is 19.4. The summed E-state index contributed by atoms with van der Waals surface area (Å²) < 4.78 is 1.92. The number of hydrogen-bond donors (Lipinski definition) is 1. The molecule has 1 aromatic rings. The molecule has 7 nitrogen and oxygen atoms in total. The van der Waals surface area contributed by atoms with Crippen molar-refractivity contribution in [2.45, 2.75) is 58.4 Å². The molecule has 0 bridgehead atoms. The van der Waals surface area contributed by atoms with E-state index in [-0.39, 0.29) is 17.9 Å². The summed E-state index contributed by atoms with van der Waals surface area (Å²) in [6.07, 6.45) is 7.70. The molecule has 3 rings (SSSR count). The van der Waals surface area contributed by atoms with Crippen molar-refractivity contribution in [1.82, 2.24) is 19.6 Å². The first kappa shape index (κ1) is 19.9. The van der Waals surface area contributed by atoms with Crippen LogP contribution in [0.5, 0.6) is 0 Å². The Morgan fingerprint density at radius 1 is 1.15 bits per heavy atom. The van der Waals surface area contributed by atoms with Gasteiger partial charge >= 0.3 is 0 Å². The molecule has 150 valence electrons. The van der Waals surface area contributed by atoms with E-state index in [1.54, 1.807) is 6.20 Å². The second-order valence-corrected chi connectivity index (χ2v) is 8.26. The minimum atomic E-state index is 0.0286. The lowest BCUT2D eigenvalue weighted by Gasteiger charge is -2.34. The molecule has 0 aliphatic carbocycles. The maximum absolute atomic E-state index is 12.6. The third kappa shape index (κ3) is 5.54. The maximum Gasteiger partial charge on any atom is 0.236 e. The van der Waals surface area contributed by atoms with E-state index < -0.39 is 0 Å². The second-order valence-electron chi connectivity index (χ2n) is 8.26. The average molecular weight is 376 g/mol. The van der Waals surface area contributed by atoms with Gasteiger partial charge in [0, 0.05) is 25.6 Å². The molecule has 7 heteroatoms. The molecule has 0 unspecified atom stereocenters. The van der Waals surface area contributed by atoms with Crippen LogP contribution in [0.3, 0.4) is 0 Å². The van der Waals surface area contributed by atoms with Crippen LogP contribution < -0.4 is 5.32 Å². The summed E-state index contributed by atoms with van der Waals surface area (Å²) in [6, 6.07) is 2.08. The Morgan fingerprint density at radius 3 is 2.52 bits per heavy atom. The van der Waals surface area contributed by atoms with Crippen molar-refractivity contribution >= 4 is 17.6 Å². The zero-order valence-electron chi connectivity index (χ0n) is 16.7. The molecule has 1 N–H and O–H groups in total. The van der Waals surface area contributed by atoms with Gasteiger partial charge in [0.1, 0.15) is 5.82 Å².